The number of hydrogen-bond donors (Lipinski definition) is 1. The molecule has 0 fully saturated rings. The highest BCUT2D eigenvalue weighted by Crippen LogP contribution is 2.25. The molecular formula is C17H22N2O2S2. The highest BCUT2D eigenvalue weighted by molar-refractivity contribution is 7.89. The van der Waals surface area contributed by atoms with Gasteiger partial charge in [-0.25, -0.2) is 13.1 Å². The first-order valence-corrected chi connectivity index (χ1v) is 10.2. The van der Waals surface area contributed by atoms with E-state index < -0.39 is 10.0 Å². The Kier molecular flexibility index (Phi) is 4.87. The van der Waals surface area contributed by atoms with Crippen LogP contribution >= 0.6 is 11.3 Å². The highest BCUT2D eigenvalue weighted by atomic mass is 32.2. The van der Waals surface area contributed by atoms with Crippen molar-refractivity contribution in [3.05, 3.63) is 51.7 Å². The molecular weight excluding hydrogens is 328 g/mol. The second-order valence-electron chi connectivity index (χ2n) is 6.10. The summed E-state index contributed by atoms with van der Waals surface area (Å²) in [6.07, 6.45) is 1.06. The van der Waals surface area contributed by atoms with Gasteiger partial charge < -0.3 is 0 Å². The zero-order valence-electron chi connectivity index (χ0n) is 13.5. The third-order valence-electron chi connectivity index (χ3n) is 4.36. The van der Waals surface area contributed by atoms with Gasteiger partial charge in [0, 0.05) is 30.6 Å². The maximum absolute atomic E-state index is 12.4. The van der Waals surface area contributed by atoms with Crippen LogP contribution in [-0.2, 0) is 23.0 Å². The maximum Gasteiger partial charge on any atom is 0.240 e. The molecule has 6 heteroatoms. The molecule has 1 aliphatic heterocycles. The Morgan fingerprint density at radius 3 is 2.74 bits per heavy atom. The van der Waals surface area contributed by atoms with Gasteiger partial charge in [0.1, 0.15) is 0 Å². The van der Waals surface area contributed by atoms with E-state index in [4.69, 9.17) is 0 Å². The molecule has 1 aromatic carbocycles. The van der Waals surface area contributed by atoms with Gasteiger partial charge in [-0.2, -0.15) is 0 Å². The van der Waals surface area contributed by atoms with Gasteiger partial charge in [0.15, 0.2) is 0 Å². The van der Waals surface area contributed by atoms with Crippen molar-refractivity contribution in [3.63, 3.8) is 0 Å². The SMILES string of the molecule is Cc1ccc(S(=O)(=O)NC[C@H](C)N2CCc3sccc3C2)cc1. The van der Waals surface area contributed by atoms with Crippen molar-refractivity contribution < 1.29 is 8.42 Å². The lowest BCUT2D eigenvalue weighted by molar-refractivity contribution is 0.193. The van der Waals surface area contributed by atoms with Gasteiger partial charge in [-0.05, 0) is 49.4 Å². The van der Waals surface area contributed by atoms with Gasteiger partial charge in [-0.15, -0.1) is 11.3 Å². The number of sulfonamides is 1. The van der Waals surface area contributed by atoms with E-state index in [9.17, 15) is 8.42 Å². The number of nitrogens with zero attached hydrogens (tertiary/aromatic N) is 1. The van der Waals surface area contributed by atoms with Crippen LogP contribution in [0.4, 0.5) is 0 Å². The van der Waals surface area contributed by atoms with Crippen molar-refractivity contribution in [1.29, 1.82) is 0 Å². The van der Waals surface area contributed by atoms with Crippen LogP contribution in [0.15, 0.2) is 40.6 Å². The van der Waals surface area contributed by atoms with Gasteiger partial charge in [0.05, 0.1) is 4.90 Å². The lowest BCUT2D eigenvalue weighted by atomic mass is 10.1. The maximum atomic E-state index is 12.4. The molecule has 2 heterocycles. The molecule has 2 aromatic rings. The number of hydrogen-bond acceptors (Lipinski definition) is 4. The van der Waals surface area contributed by atoms with E-state index in [0.717, 1.165) is 25.1 Å². The third-order valence-corrected chi connectivity index (χ3v) is 6.82. The third kappa shape index (κ3) is 3.83. The van der Waals surface area contributed by atoms with Crippen molar-refractivity contribution >= 4 is 21.4 Å². The molecule has 0 unspecified atom stereocenters. The van der Waals surface area contributed by atoms with Crippen LogP contribution in [0.2, 0.25) is 0 Å². The molecule has 4 nitrogen and oxygen atoms in total. The van der Waals surface area contributed by atoms with E-state index in [1.54, 1.807) is 12.1 Å². The second-order valence-corrected chi connectivity index (χ2v) is 8.87. The summed E-state index contributed by atoms with van der Waals surface area (Å²) in [7, 11) is -3.44. The Labute approximate surface area is 142 Å². The smallest absolute Gasteiger partial charge is 0.240 e. The fourth-order valence-electron chi connectivity index (χ4n) is 2.81. The Morgan fingerprint density at radius 2 is 2.00 bits per heavy atom. The summed E-state index contributed by atoms with van der Waals surface area (Å²) >= 11 is 1.82. The zero-order valence-corrected chi connectivity index (χ0v) is 15.1. The number of benzene rings is 1. The van der Waals surface area contributed by atoms with Gasteiger partial charge in [0.2, 0.25) is 10.0 Å². The minimum absolute atomic E-state index is 0.170. The Hall–Kier alpha value is -1.21. The van der Waals surface area contributed by atoms with Gasteiger partial charge in [-0.3, -0.25) is 4.90 Å². The van der Waals surface area contributed by atoms with Crippen molar-refractivity contribution in [2.24, 2.45) is 0 Å². The first kappa shape index (κ1) is 16.6. The summed E-state index contributed by atoms with van der Waals surface area (Å²) < 4.78 is 27.5. The summed E-state index contributed by atoms with van der Waals surface area (Å²) in [5, 5.41) is 2.14. The van der Waals surface area contributed by atoms with E-state index in [1.807, 2.05) is 30.4 Å². The molecule has 0 saturated heterocycles. The highest BCUT2D eigenvalue weighted by Gasteiger charge is 2.23. The summed E-state index contributed by atoms with van der Waals surface area (Å²) in [5.74, 6) is 0. The van der Waals surface area contributed by atoms with Gasteiger partial charge in [0.25, 0.3) is 0 Å². The topological polar surface area (TPSA) is 49.4 Å². The van der Waals surface area contributed by atoms with Crippen LogP contribution < -0.4 is 4.72 Å². The largest absolute Gasteiger partial charge is 0.295 e. The molecule has 3 rings (SSSR count). The Bertz CT molecular complexity index is 766. The van der Waals surface area contributed by atoms with Gasteiger partial charge in [-0.1, -0.05) is 17.7 Å². The number of thiophene rings is 1. The van der Waals surface area contributed by atoms with Crippen LogP contribution in [0, 0.1) is 6.92 Å². The average Bonchev–Trinajstić information content (AvgIpc) is 3.00. The number of aryl methyl sites for hydroxylation is 1. The summed E-state index contributed by atoms with van der Waals surface area (Å²) in [4.78, 5) is 4.13. The molecule has 0 saturated carbocycles. The lowest BCUT2D eigenvalue weighted by Crippen LogP contribution is -2.44. The van der Waals surface area contributed by atoms with Crippen molar-refractivity contribution in [2.45, 2.75) is 37.8 Å². The van der Waals surface area contributed by atoms with Crippen molar-refractivity contribution in [2.75, 3.05) is 13.1 Å². The predicted molar refractivity (Wildman–Crippen MR) is 94.3 cm³/mol. The molecule has 124 valence electrons. The van der Waals surface area contributed by atoms with E-state index in [-0.39, 0.29) is 6.04 Å². The number of fused-ring (bicyclic) bond motifs is 1. The molecule has 1 aromatic heterocycles. The van der Waals surface area contributed by atoms with E-state index in [0.29, 0.717) is 11.4 Å². The van der Waals surface area contributed by atoms with E-state index in [2.05, 4.69) is 28.0 Å². The standard InChI is InChI=1S/C17H22N2O2S2/c1-13-3-5-16(6-4-13)23(20,21)18-11-14(2)19-9-7-17-15(12-19)8-10-22-17/h3-6,8,10,14,18H,7,9,11-12H2,1-2H3/t14-/m0/s1. The minimum atomic E-state index is -3.44. The predicted octanol–water partition coefficient (Wildman–Crippen LogP) is 2.78. The van der Waals surface area contributed by atoms with E-state index >= 15 is 0 Å². The molecule has 0 radical (unpaired) electrons. The molecule has 1 aliphatic rings. The number of rotatable bonds is 5. The quantitative estimate of drug-likeness (QED) is 0.902. The Morgan fingerprint density at radius 1 is 1.26 bits per heavy atom. The van der Waals surface area contributed by atoms with Crippen LogP contribution in [0.1, 0.15) is 22.9 Å². The average molecular weight is 351 g/mol. The fourth-order valence-corrected chi connectivity index (χ4v) is 4.82. The molecule has 23 heavy (non-hydrogen) atoms. The van der Waals surface area contributed by atoms with Crippen LogP contribution in [0.5, 0.6) is 0 Å². The van der Waals surface area contributed by atoms with E-state index in [1.165, 1.54) is 10.4 Å². The normalized spacial score (nSPS) is 17.0. The summed E-state index contributed by atoms with van der Waals surface area (Å²) in [6.45, 7) is 6.35. The summed E-state index contributed by atoms with van der Waals surface area (Å²) in [6, 6.07) is 9.29. The first-order valence-electron chi connectivity index (χ1n) is 7.81. The molecule has 0 aliphatic carbocycles. The lowest BCUT2D eigenvalue weighted by Gasteiger charge is -2.32. The van der Waals surface area contributed by atoms with Crippen LogP contribution in [0.25, 0.3) is 0 Å². The molecule has 1 N–H and O–H groups in total. The van der Waals surface area contributed by atoms with Crippen LogP contribution in [-0.4, -0.2) is 32.4 Å². The first-order chi connectivity index (χ1) is 11.0. The second kappa shape index (κ2) is 6.73. The molecule has 0 spiro atoms. The molecule has 0 amide bonds. The van der Waals surface area contributed by atoms with Crippen LogP contribution in [0.3, 0.4) is 0 Å². The molecule has 1 atom stereocenters. The zero-order chi connectivity index (χ0) is 16.4. The number of nitrogens with one attached hydrogen (secondary N) is 1. The fraction of sp³-hybridized carbons (Fsp3) is 0.412. The van der Waals surface area contributed by atoms with Crippen molar-refractivity contribution in [3.8, 4) is 0 Å². The Balaban J connectivity index is 1.60. The minimum Gasteiger partial charge on any atom is -0.295 e. The van der Waals surface area contributed by atoms with Crippen molar-refractivity contribution in [1.82, 2.24) is 9.62 Å². The monoisotopic (exact) mass is 350 g/mol. The van der Waals surface area contributed by atoms with Gasteiger partial charge >= 0.3 is 0 Å². The molecule has 0 bridgehead atoms. The summed E-state index contributed by atoms with van der Waals surface area (Å²) in [5.41, 5.74) is 2.44.